The average Bonchev–Trinajstić information content (AvgIpc) is 2.70. The first-order chi connectivity index (χ1) is 14.5. The SMILES string of the molecule is Cc1ccc(/C=C/C(=S)NC(c2cccc(C(F)(F)F)c2)C(F)(F)F)c2ccccc12. The second-order valence-electron chi connectivity index (χ2n) is 6.96. The van der Waals surface area contributed by atoms with E-state index >= 15 is 0 Å². The molecule has 162 valence electrons. The molecule has 0 bridgehead atoms. The van der Waals surface area contributed by atoms with Gasteiger partial charge < -0.3 is 5.32 Å². The van der Waals surface area contributed by atoms with Gasteiger partial charge in [0.05, 0.1) is 10.6 Å². The van der Waals surface area contributed by atoms with Gasteiger partial charge in [0.15, 0.2) is 0 Å². The van der Waals surface area contributed by atoms with Crippen molar-refractivity contribution in [3.05, 3.63) is 89.0 Å². The molecule has 0 fully saturated rings. The maximum atomic E-state index is 13.6. The van der Waals surface area contributed by atoms with Crippen LogP contribution in [0.1, 0.15) is 28.3 Å². The summed E-state index contributed by atoms with van der Waals surface area (Å²) in [5.74, 6) is 0. The van der Waals surface area contributed by atoms with Crippen molar-refractivity contribution >= 4 is 34.1 Å². The number of hydrogen-bond donors (Lipinski definition) is 1. The van der Waals surface area contributed by atoms with Gasteiger partial charge in [-0.3, -0.25) is 0 Å². The van der Waals surface area contributed by atoms with E-state index in [0.29, 0.717) is 6.07 Å². The van der Waals surface area contributed by atoms with Gasteiger partial charge in [0.25, 0.3) is 0 Å². The van der Waals surface area contributed by atoms with Crippen LogP contribution in [0.5, 0.6) is 0 Å². The Morgan fingerprint density at radius 3 is 2.23 bits per heavy atom. The lowest BCUT2D eigenvalue weighted by molar-refractivity contribution is -0.154. The molecular weight excluding hydrogens is 436 g/mol. The molecule has 0 aliphatic carbocycles. The molecule has 0 saturated carbocycles. The number of alkyl halides is 6. The second-order valence-corrected chi connectivity index (χ2v) is 7.40. The molecule has 0 aliphatic heterocycles. The summed E-state index contributed by atoms with van der Waals surface area (Å²) < 4.78 is 79.5. The van der Waals surface area contributed by atoms with E-state index in [1.165, 1.54) is 6.08 Å². The standard InChI is InChI=1S/C23H17F6NS/c1-14-9-10-15(19-8-3-2-7-18(14)19)11-12-20(31)30-21(23(27,28)29)16-5-4-6-17(13-16)22(24,25)26/h2-13,21H,1H3,(H,30,31)/b12-11+. The summed E-state index contributed by atoms with van der Waals surface area (Å²) in [6.07, 6.45) is -6.72. The molecule has 0 aromatic heterocycles. The van der Waals surface area contributed by atoms with Crippen LogP contribution < -0.4 is 5.32 Å². The fraction of sp³-hybridized carbons (Fsp3) is 0.174. The van der Waals surface area contributed by atoms with Gasteiger partial charge in [-0.25, -0.2) is 0 Å². The van der Waals surface area contributed by atoms with Crippen LogP contribution in [-0.2, 0) is 6.18 Å². The highest BCUT2D eigenvalue weighted by molar-refractivity contribution is 7.80. The van der Waals surface area contributed by atoms with Gasteiger partial charge in [-0.05, 0) is 52.6 Å². The summed E-state index contributed by atoms with van der Waals surface area (Å²) in [5, 5.41) is 4.04. The van der Waals surface area contributed by atoms with E-state index in [2.05, 4.69) is 5.32 Å². The summed E-state index contributed by atoms with van der Waals surface area (Å²) in [4.78, 5) is -0.246. The molecule has 1 atom stereocenters. The maximum absolute atomic E-state index is 13.6. The summed E-state index contributed by atoms with van der Waals surface area (Å²) in [6.45, 7) is 1.95. The highest BCUT2D eigenvalue weighted by atomic mass is 32.1. The topological polar surface area (TPSA) is 12.0 Å². The Morgan fingerprint density at radius 1 is 0.903 bits per heavy atom. The van der Waals surface area contributed by atoms with Crippen LogP contribution in [0.15, 0.2) is 66.7 Å². The van der Waals surface area contributed by atoms with E-state index in [1.54, 1.807) is 6.08 Å². The third kappa shape index (κ3) is 5.44. The third-order valence-electron chi connectivity index (χ3n) is 4.75. The zero-order chi connectivity index (χ0) is 22.8. The molecule has 1 unspecified atom stereocenters. The van der Waals surface area contributed by atoms with Gasteiger partial charge in [0.2, 0.25) is 0 Å². The number of hydrogen-bond acceptors (Lipinski definition) is 1. The molecule has 8 heteroatoms. The Balaban J connectivity index is 1.87. The van der Waals surface area contributed by atoms with Gasteiger partial charge in [0.1, 0.15) is 6.04 Å². The van der Waals surface area contributed by atoms with Crippen LogP contribution in [0, 0.1) is 6.92 Å². The van der Waals surface area contributed by atoms with E-state index in [1.807, 2.05) is 43.3 Å². The fourth-order valence-electron chi connectivity index (χ4n) is 3.22. The summed E-state index contributed by atoms with van der Waals surface area (Å²) in [6, 6.07) is 12.0. The van der Waals surface area contributed by atoms with Crippen molar-refractivity contribution in [1.29, 1.82) is 0 Å². The largest absolute Gasteiger partial charge is 0.416 e. The Hall–Kier alpha value is -2.87. The minimum absolute atomic E-state index is 0.246. The lowest BCUT2D eigenvalue weighted by atomic mass is 10.00. The molecule has 3 aromatic carbocycles. The minimum Gasteiger partial charge on any atom is -0.361 e. The van der Waals surface area contributed by atoms with Crippen LogP contribution in [0.25, 0.3) is 16.8 Å². The molecule has 0 aliphatic rings. The van der Waals surface area contributed by atoms with Crippen molar-refractivity contribution < 1.29 is 26.3 Å². The van der Waals surface area contributed by atoms with Crippen LogP contribution in [0.4, 0.5) is 26.3 Å². The second kappa shape index (κ2) is 8.70. The third-order valence-corrected chi connectivity index (χ3v) is 5.01. The summed E-state index contributed by atoms with van der Waals surface area (Å²) in [5.41, 5.74) is 0.0793. The van der Waals surface area contributed by atoms with Crippen LogP contribution >= 0.6 is 12.2 Å². The Morgan fingerprint density at radius 2 is 1.58 bits per heavy atom. The molecule has 3 rings (SSSR count). The number of benzene rings is 3. The van der Waals surface area contributed by atoms with E-state index in [9.17, 15) is 26.3 Å². The number of fused-ring (bicyclic) bond motifs is 1. The molecule has 0 radical (unpaired) electrons. The van der Waals surface area contributed by atoms with Gasteiger partial charge >= 0.3 is 12.4 Å². The van der Waals surface area contributed by atoms with Crippen LogP contribution in [-0.4, -0.2) is 11.2 Å². The van der Waals surface area contributed by atoms with Crippen molar-refractivity contribution in [2.45, 2.75) is 25.3 Å². The number of nitrogens with one attached hydrogen (secondary N) is 1. The van der Waals surface area contributed by atoms with E-state index in [0.717, 1.165) is 40.1 Å². The molecule has 1 N–H and O–H groups in total. The highest BCUT2D eigenvalue weighted by Gasteiger charge is 2.42. The summed E-state index contributed by atoms with van der Waals surface area (Å²) in [7, 11) is 0. The lowest BCUT2D eigenvalue weighted by Crippen LogP contribution is -2.36. The van der Waals surface area contributed by atoms with E-state index < -0.39 is 29.5 Å². The van der Waals surface area contributed by atoms with E-state index in [-0.39, 0.29) is 4.99 Å². The predicted molar refractivity (Wildman–Crippen MR) is 114 cm³/mol. The van der Waals surface area contributed by atoms with Crippen molar-refractivity contribution in [3.63, 3.8) is 0 Å². The van der Waals surface area contributed by atoms with Gasteiger partial charge in [-0.1, -0.05) is 66.8 Å². The predicted octanol–water partition coefficient (Wildman–Crippen LogP) is 7.40. The number of rotatable bonds is 4. The Labute approximate surface area is 180 Å². The molecular formula is C23H17F6NS. The Bertz CT molecular complexity index is 1130. The molecule has 0 spiro atoms. The Kier molecular flexibility index (Phi) is 6.40. The van der Waals surface area contributed by atoms with Crippen molar-refractivity contribution in [2.24, 2.45) is 0 Å². The van der Waals surface area contributed by atoms with Crippen molar-refractivity contribution in [2.75, 3.05) is 0 Å². The zero-order valence-corrected chi connectivity index (χ0v) is 17.0. The monoisotopic (exact) mass is 453 g/mol. The first-order valence-corrected chi connectivity index (χ1v) is 9.58. The van der Waals surface area contributed by atoms with E-state index in [4.69, 9.17) is 12.2 Å². The normalized spacial score (nSPS) is 13.5. The van der Waals surface area contributed by atoms with Crippen LogP contribution in [0.3, 0.4) is 0 Å². The van der Waals surface area contributed by atoms with Crippen LogP contribution in [0.2, 0.25) is 0 Å². The molecule has 0 saturated heterocycles. The minimum atomic E-state index is -4.85. The first kappa shape index (κ1) is 22.8. The smallest absolute Gasteiger partial charge is 0.361 e. The number of thiocarbonyl (C=S) groups is 1. The fourth-order valence-corrected chi connectivity index (χ4v) is 3.41. The van der Waals surface area contributed by atoms with Crippen molar-refractivity contribution in [3.8, 4) is 0 Å². The molecule has 3 aromatic rings. The molecule has 0 amide bonds. The molecule has 0 heterocycles. The lowest BCUT2D eigenvalue weighted by Gasteiger charge is -2.23. The summed E-state index contributed by atoms with van der Waals surface area (Å²) >= 11 is 5.03. The zero-order valence-electron chi connectivity index (χ0n) is 16.2. The number of aryl methyl sites for hydroxylation is 1. The van der Waals surface area contributed by atoms with Gasteiger partial charge in [-0.2, -0.15) is 26.3 Å². The number of halogens is 6. The molecule has 31 heavy (non-hydrogen) atoms. The van der Waals surface area contributed by atoms with Gasteiger partial charge in [0, 0.05) is 0 Å². The quantitative estimate of drug-likeness (QED) is 0.251. The molecule has 1 nitrogen and oxygen atoms in total. The van der Waals surface area contributed by atoms with Crippen molar-refractivity contribution in [1.82, 2.24) is 5.32 Å². The van der Waals surface area contributed by atoms with Gasteiger partial charge in [-0.15, -0.1) is 0 Å². The highest BCUT2D eigenvalue weighted by Crippen LogP contribution is 2.36. The average molecular weight is 453 g/mol. The maximum Gasteiger partial charge on any atom is 0.416 e. The first-order valence-electron chi connectivity index (χ1n) is 9.17.